The minimum atomic E-state index is -5.94. The Morgan fingerprint density at radius 2 is 1.89 bits per heavy atom. The van der Waals surface area contributed by atoms with Crippen molar-refractivity contribution in [3.63, 3.8) is 0 Å². The van der Waals surface area contributed by atoms with Gasteiger partial charge >= 0.3 is 23.5 Å². The number of phosphoric ester groups is 1. The molecule has 2 unspecified atom stereocenters. The van der Waals surface area contributed by atoms with Gasteiger partial charge in [-0.05, 0) is 6.08 Å². The number of nitrogens with two attached hydrogens (primary N) is 1. The molecule has 196 valence electrons. The summed E-state index contributed by atoms with van der Waals surface area (Å²) in [6.45, 7) is 1.29. The van der Waals surface area contributed by atoms with Gasteiger partial charge in [-0.1, -0.05) is 6.58 Å². The summed E-state index contributed by atoms with van der Waals surface area (Å²) in [5.41, 5.74) is 0.566. The first-order chi connectivity index (χ1) is 15.8. The van der Waals surface area contributed by atoms with Crippen LogP contribution in [-0.2, 0) is 31.6 Å². The number of hydrogen-bond acceptors (Lipinski definition) is 12. The molecule has 18 nitrogen and oxygen atoms in total. The lowest BCUT2D eigenvalue weighted by Gasteiger charge is -2.26. The van der Waals surface area contributed by atoms with Crippen LogP contribution in [0, 0.1) is 0 Å². The highest BCUT2D eigenvalue weighted by Gasteiger charge is 2.66. The first-order valence-corrected chi connectivity index (χ1v) is 13.2. The van der Waals surface area contributed by atoms with E-state index in [4.69, 9.17) is 25.2 Å². The van der Waals surface area contributed by atoms with Gasteiger partial charge in [-0.2, -0.15) is 13.6 Å². The molecule has 2 aromatic heterocycles. The fraction of sp³-hybridized carbons (Fsp3) is 0.417. The van der Waals surface area contributed by atoms with Crippen molar-refractivity contribution in [2.24, 2.45) is 0 Å². The summed E-state index contributed by atoms with van der Waals surface area (Å²) in [4.78, 5) is 57.1. The summed E-state index contributed by atoms with van der Waals surface area (Å²) in [7, 11) is -17.5. The third-order valence-electron chi connectivity index (χ3n) is 4.37. The number of H-pyrrole nitrogens is 1. The molecule has 35 heavy (non-hydrogen) atoms. The third kappa shape index (κ3) is 5.59. The zero-order valence-corrected chi connectivity index (χ0v) is 19.4. The van der Waals surface area contributed by atoms with Crippen LogP contribution in [0.4, 0.5) is 14.7 Å². The van der Waals surface area contributed by atoms with Gasteiger partial charge in [0.25, 0.3) is 11.4 Å². The van der Waals surface area contributed by atoms with Crippen molar-refractivity contribution < 1.29 is 65.0 Å². The van der Waals surface area contributed by atoms with E-state index >= 15 is 8.78 Å². The maximum absolute atomic E-state index is 15.6. The van der Waals surface area contributed by atoms with Crippen molar-refractivity contribution in [1.82, 2.24) is 19.5 Å². The lowest BCUT2D eigenvalue weighted by molar-refractivity contribution is -0.203. The lowest BCUT2D eigenvalue weighted by atomic mass is 9.95. The van der Waals surface area contributed by atoms with Crippen molar-refractivity contribution in [2.75, 3.05) is 12.3 Å². The Morgan fingerprint density at radius 3 is 2.46 bits per heavy atom. The number of aliphatic hydroxyl groups is 1. The highest BCUT2D eigenvalue weighted by atomic mass is 31.3. The van der Waals surface area contributed by atoms with Crippen molar-refractivity contribution in [2.45, 2.75) is 23.9 Å². The number of phosphoric acid groups is 3. The predicted octanol–water partition coefficient (Wildman–Crippen LogP) is -0.505. The second kappa shape index (κ2) is 8.88. The highest BCUT2D eigenvalue weighted by Crippen LogP contribution is 2.66. The number of ether oxygens (including phenoxy) is 1. The number of hydrogen-bond donors (Lipinski definition) is 7. The van der Waals surface area contributed by atoms with Crippen LogP contribution >= 0.6 is 23.5 Å². The topological polar surface area (TPSA) is 279 Å². The number of imidazole rings is 1. The molecule has 0 bridgehead atoms. The zero-order chi connectivity index (χ0) is 26.6. The second-order valence-corrected chi connectivity index (χ2v) is 11.3. The Morgan fingerprint density at radius 1 is 1.26 bits per heavy atom. The van der Waals surface area contributed by atoms with E-state index in [0.29, 0.717) is 10.6 Å². The van der Waals surface area contributed by atoms with E-state index in [0.717, 1.165) is 6.33 Å². The third-order valence-corrected chi connectivity index (χ3v) is 8.15. The number of alkyl halides is 2. The van der Waals surface area contributed by atoms with E-state index in [1.807, 2.05) is 0 Å². The van der Waals surface area contributed by atoms with Crippen LogP contribution in [0.1, 0.15) is 6.23 Å². The summed E-state index contributed by atoms with van der Waals surface area (Å²) in [6.07, 6.45) is -3.85. The highest BCUT2D eigenvalue weighted by molar-refractivity contribution is 7.66. The first kappa shape index (κ1) is 27.7. The average Bonchev–Trinajstić information content (AvgIpc) is 3.18. The number of anilines is 1. The van der Waals surface area contributed by atoms with Gasteiger partial charge in [-0.15, -0.1) is 0 Å². The summed E-state index contributed by atoms with van der Waals surface area (Å²) in [6, 6.07) is 0. The molecule has 1 aliphatic heterocycles. The molecule has 8 N–H and O–H groups in total. The molecule has 23 heteroatoms. The van der Waals surface area contributed by atoms with Crippen LogP contribution in [0.25, 0.3) is 11.2 Å². The van der Waals surface area contributed by atoms with E-state index in [1.165, 1.54) is 0 Å². The minimum absolute atomic E-state index is 0.381. The van der Waals surface area contributed by atoms with Gasteiger partial charge in [0.05, 0.1) is 6.33 Å². The maximum atomic E-state index is 15.6. The summed E-state index contributed by atoms with van der Waals surface area (Å²) < 4.78 is 81.5. The van der Waals surface area contributed by atoms with Crippen LogP contribution in [-0.4, -0.2) is 68.4 Å². The molecule has 1 fully saturated rings. The molecule has 0 radical (unpaired) electrons. The Hall–Kier alpha value is -1.92. The van der Waals surface area contributed by atoms with E-state index in [1.54, 1.807) is 0 Å². The number of nitrogens with one attached hydrogen (secondary N) is 1. The van der Waals surface area contributed by atoms with Gasteiger partial charge in [0.15, 0.2) is 23.5 Å². The largest absolute Gasteiger partial charge is 0.490 e. The molecule has 3 rings (SSSR count). The fourth-order valence-corrected chi connectivity index (χ4v) is 6.02. The molecule has 1 aliphatic rings. The average molecular weight is 569 g/mol. The summed E-state index contributed by atoms with van der Waals surface area (Å²) in [5, 5.41) is 10.3. The van der Waals surface area contributed by atoms with E-state index in [-0.39, 0.29) is 5.52 Å². The molecule has 0 amide bonds. The normalized spacial score (nSPS) is 30.7. The number of rotatable bonds is 9. The number of aromatic amines is 1. The lowest BCUT2D eigenvalue weighted by Crippen LogP contribution is -2.47. The molecule has 2 aromatic rings. The number of aliphatic hydroxyl groups excluding tert-OH is 1. The molecule has 6 atom stereocenters. The Kier molecular flexibility index (Phi) is 7.02. The van der Waals surface area contributed by atoms with Crippen molar-refractivity contribution >= 4 is 40.6 Å². The smallest absolute Gasteiger partial charge is 0.383 e. The zero-order valence-electron chi connectivity index (χ0n) is 16.7. The van der Waals surface area contributed by atoms with Crippen LogP contribution < -0.4 is 11.3 Å². The summed E-state index contributed by atoms with van der Waals surface area (Å²) in [5.74, 6) is -4.13. The van der Waals surface area contributed by atoms with Crippen LogP contribution in [0.5, 0.6) is 0 Å². The number of fused-ring (bicyclic) bond motifs is 1. The maximum Gasteiger partial charge on any atom is 0.490 e. The monoisotopic (exact) mass is 569 g/mol. The van der Waals surface area contributed by atoms with Gasteiger partial charge in [-0.25, -0.2) is 27.5 Å². The summed E-state index contributed by atoms with van der Waals surface area (Å²) >= 11 is 0. The fourth-order valence-electron chi connectivity index (χ4n) is 2.99. The van der Waals surface area contributed by atoms with Gasteiger partial charge in [0, 0.05) is 0 Å². The Balaban J connectivity index is 1.89. The van der Waals surface area contributed by atoms with Gasteiger partial charge in [-0.3, -0.25) is 18.9 Å². The first-order valence-electron chi connectivity index (χ1n) is 8.70. The van der Waals surface area contributed by atoms with Crippen LogP contribution in [0.2, 0.25) is 0 Å². The molecule has 0 spiro atoms. The van der Waals surface area contributed by atoms with Gasteiger partial charge < -0.3 is 35.2 Å². The molecule has 3 heterocycles. The van der Waals surface area contributed by atoms with Crippen molar-refractivity contribution in [3.05, 3.63) is 29.3 Å². The second-order valence-electron chi connectivity index (χ2n) is 6.83. The number of aromatic nitrogens is 4. The van der Waals surface area contributed by atoms with Gasteiger partial charge in [0.1, 0.15) is 6.61 Å². The SMILES string of the molecule is C=C[C@]1(F)[C@H](n2cnc3c(=O)[nH]c(N)nc32)O[C@](F)(COP(=O)(O)OP(=O)(O)OP(=O)(O)O)[C@H]1O. The van der Waals surface area contributed by atoms with E-state index < -0.39 is 71.1 Å². The number of halogens is 2. The minimum Gasteiger partial charge on any atom is -0.383 e. The van der Waals surface area contributed by atoms with Gasteiger partial charge in [0.2, 0.25) is 11.6 Å². The van der Waals surface area contributed by atoms with Crippen LogP contribution in [0.3, 0.4) is 0 Å². The Bertz CT molecular complexity index is 1360. The molecule has 0 saturated carbocycles. The standard InChI is InChI=1S/C12H16F2N5O13P3/c1-2-11(13)8(21)12(14,3-29-34(25,26)32-35(27,28)31-33(22,23)24)30-9(11)19-4-16-5-6(19)17-10(15)18-7(5)20/h2,4,8-9,21H,1,3H2,(H,25,26)(H,27,28)(H2,22,23,24)(H3,15,17,18,20)/t8-,9+,11+,12+/m0/s1. The van der Waals surface area contributed by atoms with Crippen molar-refractivity contribution in [1.29, 1.82) is 0 Å². The number of nitrogen functional groups attached to an aromatic ring is 1. The van der Waals surface area contributed by atoms with E-state index in [9.17, 15) is 28.5 Å². The van der Waals surface area contributed by atoms with E-state index in [2.05, 4.69) is 34.7 Å². The molecule has 1 saturated heterocycles. The Labute approximate surface area is 191 Å². The quantitative estimate of drug-likeness (QED) is 0.148. The number of nitrogens with zero attached hydrogens (tertiary/aromatic N) is 3. The molecular formula is C12H16F2N5O13P3. The van der Waals surface area contributed by atoms with Crippen molar-refractivity contribution in [3.8, 4) is 0 Å². The molecule has 0 aliphatic carbocycles. The molecular weight excluding hydrogens is 553 g/mol. The predicted molar refractivity (Wildman–Crippen MR) is 106 cm³/mol. The molecule has 0 aromatic carbocycles. The van der Waals surface area contributed by atoms with Crippen LogP contribution in [0.15, 0.2) is 23.8 Å².